The van der Waals surface area contributed by atoms with Gasteiger partial charge in [-0.3, -0.25) is 0 Å². The van der Waals surface area contributed by atoms with Crippen molar-refractivity contribution in [2.45, 2.75) is 6.61 Å². The Labute approximate surface area is 155 Å². The summed E-state index contributed by atoms with van der Waals surface area (Å²) in [6.45, 7) is 0.345. The zero-order valence-corrected chi connectivity index (χ0v) is 15.1. The van der Waals surface area contributed by atoms with Gasteiger partial charge in [-0.15, -0.1) is 10.5 Å². The molecule has 2 aromatic rings. The molecule has 0 aliphatic heterocycles. The highest BCUT2D eigenvalue weighted by molar-refractivity contribution is 7.80. The molecule has 0 amide bonds. The van der Waals surface area contributed by atoms with Crippen LogP contribution in [0.4, 0.5) is 0 Å². The topological polar surface area (TPSA) is 70.5 Å². The lowest BCUT2D eigenvalue weighted by atomic mass is 10.2. The average molecular weight is 385 g/mol. The number of ether oxygens (including phenoxy) is 2. The molecule has 4 N–H and O–H groups in total. The second-order valence-corrected chi connectivity index (χ2v) is 5.98. The van der Waals surface area contributed by atoms with Crippen LogP contribution in [0.2, 0.25) is 10.0 Å². The van der Waals surface area contributed by atoms with Crippen molar-refractivity contribution in [3.05, 3.63) is 57.6 Å². The lowest BCUT2D eigenvalue weighted by Gasteiger charge is -2.11. The van der Waals surface area contributed by atoms with Gasteiger partial charge >= 0.3 is 0 Å². The van der Waals surface area contributed by atoms with Crippen LogP contribution in [-0.4, -0.2) is 18.4 Å². The molecule has 2 aromatic carbocycles. The van der Waals surface area contributed by atoms with Gasteiger partial charge in [0.05, 0.1) is 17.2 Å². The van der Waals surface area contributed by atoms with E-state index in [-0.39, 0.29) is 5.11 Å². The number of hydrogen-bond acceptors (Lipinski definition) is 3. The van der Waals surface area contributed by atoms with Crippen molar-refractivity contribution in [2.75, 3.05) is 7.11 Å². The fourth-order valence-electron chi connectivity index (χ4n) is 1.87. The molecule has 0 spiro atoms. The third kappa shape index (κ3) is 5.26. The Morgan fingerprint density at radius 3 is 2.67 bits per heavy atom. The Bertz CT molecular complexity index is 769. The summed E-state index contributed by atoms with van der Waals surface area (Å²) in [5.41, 5.74) is 9.70. The van der Waals surface area contributed by atoms with Crippen LogP contribution in [0, 0.1) is 0 Å². The summed E-state index contributed by atoms with van der Waals surface area (Å²) in [7, 11) is 1.58. The van der Waals surface area contributed by atoms with Crippen LogP contribution in [0.25, 0.3) is 0 Å². The minimum absolute atomic E-state index is 0.153. The van der Waals surface area contributed by atoms with Crippen molar-refractivity contribution in [3.8, 4) is 11.5 Å². The van der Waals surface area contributed by atoms with Crippen LogP contribution >= 0.6 is 35.4 Å². The lowest BCUT2D eigenvalue weighted by molar-refractivity contribution is -0.499. The van der Waals surface area contributed by atoms with Gasteiger partial charge in [0.1, 0.15) is 6.61 Å². The highest BCUT2D eigenvalue weighted by Crippen LogP contribution is 2.29. The minimum Gasteiger partial charge on any atom is -0.493 e. The number of nitrogens with one attached hydrogen (secondary N) is 2. The predicted octanol–water partition coefficient (Wildman–Crippen LogP) is 1.83. The molecular formula is C16H16Cl2N3O2S+. The number of benzene rings is 2. The molecule has 0 saturated heterocycles. The van der Waals surface area contributed by atoms with Crippen LogP contribution in [-0.2, 0) is 6.61 Å². The lowest BCUT2D eigenvalue weighted by Crippen LogP contribution is -2.82. The normalized spacial score (nSPS) is 10.6. The third-order valence-corrected chi connectivity index (χ3v) is 3.84. The van der Waals surface area contributed by atoms with E-state index in [4.69, 9.17) is 50.6 Å². The maximum atomic E-state index is 6.00. The molecule has 0 atom stereocenters. The molecule has 2 rings (SSSR count). The van der Waals surface area contributed by atoms with E-state index >= 15 is 0 Å². The van der Waals surface area contributed by atoms with Gasteiger partial charge in [0.25, 0.3) is 0 Å². The summed E-state index contributed by atoms with van der Waals surface area (Å²) >= 11 is 16.6. The van der Waals surface area contributed by atoms with E-state index in [1.807, 2.05) is 24.3 Å². The minimum atomic E-state index is 0.153. The van der Waals surface area contributed by atoms with Crippen molar-refractivity contribution in [1.29, 1.82) is 0 Å². The standard InChI is InChI=1S/C16H15Cl2N3O2S/c1-22-15-7-10(8-20-21-16(19)24)3-5-14(15)23-9-11-2-4-12(17)13(18)6-11/h2-8H,9H2,1H3,(H3,19,21,24)/p+1. The first-order chi connectivity index (χ1) is 11.5. The first-order valence-corrected chi connectivity index (χ1v) is 8.05. The third-order valence-electron chi connectivity index (χ3n) is 3.00. The van der Waals surface area contributed by atoms with Gasteiger partial charge in [-0.2, -0.15) is 0 Å². The number of halogens is 2. The largest absolute Gasteiger partial charge is 0.493 e. The van der Waals surface area contributed by atoms with Gasteiger partial charge in [0, 0.05) is 5.56 Å². The molecule has 0 aromatic heterocycles. The fraction of sp³-hybridized carbons (Fsp3) is 0.125. The van der Waals surface area contributed by atoms with E-state index in [1.54, 1.807) is 25.5 Å². The number of hydrazine groups is 1. The highest BCUT2D eigenvalue weighted by atomic mass is 35.5. The monoisotopic (exact) mass is 384 g/mol. The van der Waals surface area contributed by atoms with E-state index < -0.39 is 0 Å². The molecule has 24 heavy (non-hydrogen) atoms. The number of nitrogens with two attached hydrogens (primary N) is 1. The van der Waals surface area contributed by atoms with Gasteiger partial charge < -0.3 is 15.2 Å². The molecule has 0 heterocycles. The number of hydrazone groups is 1. The van der Waals surface area contributed by atoms with E-state index in [9.17, 15) is 0 Å². The Morgan fingerprint density at radius 1 is 1.21 bits per heavy atom. The smallest absolute Gasteiger partial charge is 0.221 e. The number of methoxy groups -OCH3 is 1. The number of thiocarbonyl (C=S) groups is 1. The number of rotatable bonds is 6. The Balaban J connectivity index is 2.08. The van der Waals surface area contributed by atoms with Gasteiger partial charge in [-0.25, -0.2) is 0 Å². The molecule has 0 fully saturated rings. The highest BCUT2D eigenvalue weighted by Gasteiger charge is 2.07. The summed E-state index contributed by atoms with van der Waals surface area (Å²) in [4.78, 5) is 0. The zero-order chi connectivity index (χ0) is 17.5. The summed E-state index contributed by atoms with van der Waals surface area (Å²) < 4.78 is 11.1. The van der Waals surface area contributed by atoms with E-state index in [0.29, 0.717) is 28.2 Å². The quantitative estimate of drug-likeness (QED) is 0.402. The van der Waals surface area contributed by atoms with Crippen LogP contribution in [0.15, 0.2) is 36.4 Å². The van der Waals surface area contributed by atoms with E-state index in [0.717, 1.165) is 11.1 Å². The van der Waals surface area contributed by atoms with E-state index in [1.165, 1.54) is 0 Å². The van der Waals surface area contributed by atoms with Crippen molar-refractivity contribution < 1.29 is 14.6 Å². The molecule has 0 saturated carbocycles. The summed E-state index contributed by atoms with van der Waals surface area (Å²) in [5, 5.41) is 3.93. The van der Waals surface area contributed by atoms with Gasteiger partial charge in [-0.05, 0) is 48.1 Å². The Hall–Kier alpha value is -2.02. The summed E-state index contributed by atoms with van der Waals surface area (Å²) in [5.74, 6) is 1.21. The van der Waals surface area contributed by atoms with Gasteiger partial charge in [0.15, 0.2) is 17.7 Å². The molecule has 0 aliphatic carbocycles. The van der Waals surface area contributed by atoms with Crippen molar-refractivity contribution in [3.63, 3.8) is 0 Å². The molecular weight excluding hydrogens is 369 g/mol. The first-order valence-electron chi connectivity index (χ1n) is 6.88. The molecule has 126 valence electrons. The van der Waals surface area contributed by atoms with Crippen molar-refractivity contribution in [1.82, 2.24) is 5.43 Å². The number of hydrogen-bond donors (Lipinski definition) is 3. The van der Waals surface area contributed by atoms with Crippen LogP contribution < -0.4 is 25.7 Å². The van der Waals surface area contributed by atoms with Gasteiger partial charge in [0.2, 0.25) is 5.11 Å². The predicted molar refractivity (Wildman–Crippen MR) is 99.8 cm³/mol. The second kappa shape index (κ2) is 8.73. The summed E-state index contributed by atoms with van der Waals surface area (Å²) in [6.07, 6.45) is 1.70. The van der Waals surface area contributed by atoms with Crippen LogP contribution in [0.1, 0.15) is 11.1 Å². The zero-order valence-electron chi connectivity index (χ0n) is 12.8. The van der Waals surface area contributed by atoms with Crippen molar-refractivity contribution >= 4 is 46.7 Å². The SMILES string of the molecule is COc1cc(C=[NH+]NC(N)=S)ccc1OCc1ccc(Cl)c(Cl)c1. The molecule has 0 aliphatic rings. The van der Waals surface area contributed by atoms with Gasteiger partial charge in [-0.1, -0.05) is 29.3 Å². The molecule has 0 unspecified atom stereocenters. The first kappa shape index (κ1) is 18.3. The molecule has 0 radical (unpaired) electrons. The maximum Gasteiger partial charge on any atom is 0.221 e. The molecule has 5 nitrogen and oxygen atoms in total. The second-order valence-electron chi connectivity index (χ2n) is 4.73. The van der Waals surface area contributed by atoms with Crippen LogP contribution in [0.5, 0.6) is 11.5 Å². The molecule has 8 heteroatoms. The van der Waals surface area contributed by atoms with Crippen LogP contribution in [0.3, 0.4) is 0 Å². The van der Waals surface area contributed by atoms with E-state index in [2.05, 4.69) is 10.5 Å². The Morgan fingerprint density at radius 2 is 2.00 bits per heavy atom. The maximum absolute atomic E-state index is 6.00. The average Bonchev–Trinajstić information content (AvgIpc) is 2.56. The summed E-state index contributed by atoms with van der Waals surface area (Å²) in [6, 6.07) is 10.8. The molecule has 0 bridgehead atoms. The fourth-order valence-corrected chi connectivity index (χ4v) is 2.25. The Kier molecular flexibility index (Phi) is 6.66. The van der Waals surface area contributed by atoms with Crippen molar-refractivity contribution in [2.24, 2.45) is 5.73 Å².